The Hall–Kier alpha value is -0.940. The minimum Gasteiger partial charge on any atom is -0.478 e. The summed E-state index contributed by atoms with van der Waals surface area (Å²) < 4.78 is 0. The first-order valence-electron chi connectivity index (χ1n) is 6.30. The average molecular weight is 301 g/mol. The van der Waals surface area contributed by atoms with Crippen LogP contribution in [0.1, 0.15) is 36.0 Å². The maximum atomic E-state index is 10.8. The summed E-state index contributed by atoms with van der Waals surface area (Å²) in [5, 5.41) is 13.2. The van der Waals surface area contributed by atoms with Gasteiger partial charge in [0.2, 0.25) is 0 Å². The van der Waals surface area contributed by atoms with Gasteiger partial charge in [-0.15, -0.1) is 0 Å². The smallest absolute Gasteiger partial charge is 0.337 e. The Labute approximate surface area is 121 Å². The zero-order valence-electron chi connectivity index (χ0n) is 10.7. The summed E-state index contributed by atoms with van der Waals surface area (Å²) in [6.45, 7) is 0. The van der Waals surface area contributed by atoms with E-state index >= 15 is 0 Å². The Morgan fingerprint density at radius 2 is 2.26 bits per heavy atom. The molecule has 1 aliphatic rings. The molecule has 2 rings (SSSR count). The number of carboxylic acid groups (broad SMARTS) is 1. The molecule has 1 heterocycles. The molecule has 0 saturated heterocycles. The summed E-state index contributed by atoms with van der Waals surface area (Å²) in [6, 6.07) is 1.79. The van der Waals surface area contributed by atoms with Gasteiger partial charge in [0.15, 0.2) is 0 Å². The maximum absolute atomic E-state index is 10.8. The van der Waals surface area contributed by atoms with Crippen LogP contribution < -0.4 is 5.32 Å². The van der Waals surface area contributed by atoms with Gasteiger partial charge in [-0.2, -0.15) is 11.8 Å². The van der Waals surface area contributed by atoms with Crippen LogP contribution in [0.25, 0.3) is 0 Å². The summed E-state index contributed by atoms with van der Waals surface area (Å²) in [7, 11) is 0. The van der Waals surface area contributed by atoms with E-state index in [2.05, 4.69) is 16.6 Å². The number of anilines is 1. The Kier molecular flexibility index (Phi) is 4.93. The van der Waals surface area contributed by atoms with Crippen LogP contribution in [0.4, 0.5) is 5.82 Å². The van der Waals surface area contributed by atoms with Gasteiger partial charge in [-0.25, -0.2) is 9.78 Å². The quantitative estimate of drug-likeness (QED) is 0.891. The molecule has 0 amide bonds. The molecule has 2 atom stereocenters. The molecule has 0 radical (unpaired) electrons. The summed E-state index contributed by atoms with van der Waals surface area (Å²) in [5.74, 6) is -0.432. The second kappa shape index (κ2) is 6.48. The molecule has 6 heteroatoms. The van der Waals surface area contributed by atoms with Gasteiger partial charge in [-0.05, 0) is 25.2 Å². The molecule has 4 nitrogen and oxygen atoms in total. The lowest BCUT2D eigenvalue weighted by atomic mass is 9.95. The van der Waals surface area contributed by atoms with Gasteiger partial charge in [0, 0.05) is 17.5 Å². The molecule has 1 aromatic rings. The van der Waals surface area contributed by atoms with Crippen molar-refractivity contribution in [3.8, 4) is 0 Å². The van der Waals surface area contributed by atoms with Crippen LogP contribution in [0.2, 0.25) is 5.02 Å². The van der Waals surface area contributed by atoms with E-state index in [9.17, 15) is 4.79 Å². The van der Waals surface area contributed by atoms with Crippen molar-refractivity contribution in [2.75, 3.05) is 11.6 Å². The zero-order valence-corrected chi connectivity index (χ0v) is 12.3. The van der Waals surface area contributed by atoms with Crippen LogP contribution >= 0.6 is 23.4 Å². The van der Waals surface area contributed by atoms with Gasteiger partial charge in [-0.1, -0.05) is 24.4 Å². The van der Waals surface area contributed by atoms with Gasteiger partial charge >= 0.3 is 5.97 Å². The number of aromatic carboxylic acids is 1. The monoisotopic (exact) mass is 300 g/mol. The van der Waals surface area contributed by atoms with Crippen LogP contribution in [0, 0.1) is 0 Å². The second-order valence-corrected chi connectivity index (χ2v) is 6.15. The van der Waals surface area contributed by atoms with Crippen molar-refractivity contribution in [2.24, 2.45) is 0 Å². The molecular weight excluding hydrogens is 284 g/mol. The van der Waals surface area contributed by atoms with E-state index in [0.29, 0.717) is 22.1 Å². The lowest BCUT2D eigenvalue weighted by Gasteiger charge is -2.31. The number of nitrogens with one attached hydrogen (secondary N) is 1. The average Bonchev–Trinajstić information content (AvgIpc) is 2.41. The minimum atomic E-state index is -1.01. The van der Waals surface area contributed by atoms with E-state index in [1.165, 1.54) is 31.5 Å². The Bertz CT molecular complexity index is 470. The van der Waals surface area contributed by atoms with Gasteiger partial charge in [-0.3, -0.25) is 0 Å². The number of hydrogen-bond acceptors (Lipinski definition) is 4. The second-order valence-electron chi connectivity index (χ2n) is 4.67. The molecule has 0 bridgehead atoms. The lowest BCUT2D eigenvalue weighted by molar-refractivity contribution is 0.0696. The minimum absolute atomic E-state index is 0.112. The summed E-state index contributed by atoms with van der Waals surface area (Å²) in [6.07, 6.45) is 8.23. The van der Waals surface area contributed by atoms with Gasteiger partial charge in [0.05, 0.1) is 10.6 Å². The normalized spacial score (nSPS) is 23.1. The third-order valence-corrected chi connectivity index (χ3v) is 4.87. The largest absolute Gasteiger partial charge is 0.478 e. The summed E-state index contributed by atoms with van der Waals surface area (Å²) in [5.41, 5.74) is 0.112. The van der Waals surface area contributed by atoms with E-state index in [0.717, 1.165) is 6.42 Å². The van der Waals surface area contributed by atoms with Crippen molar-refractivity contribution >= 4 is 35.1 Å². The van der Waals surface area contributed by atoms with E-state index in [1.54, 1.807) is 0 Å². The molecule has 2 unspecified atom stereocenters. The van der Waals surface area contributed by atoms with E-state index < -0.39 is 5.97 Å². The van der Waals surface area contributed by atoms with Crippen molar-refractivity contribution in [3.63, 3.8) is 0 Å². The molecule has 104 valence electrons. The SMILES string of the molecule is CSC1CCCCC1Nc1ncc(C(=O)O)cc1Cl. The first kappa shape index (κ1) is 14.5. The van der Waals surface area contributed by atoms with Crippen LogP contribution in [-0.2, 0) is 0 Å². The number of thioether (sulfide) groups is 1. The first-order valence-corrected chi connectivity index (χ1v) is 7.96. The van der Waals surface area contributed by atoms with Gasteiger partial charge in [0.1, 0.15) is 5.82 Å². The predicted molar refractivity (Wildman–Crippen MR) is 79.4 cm³/mol. The number of pyridine rings is 1. The van der Waals surface area contributed by atoms with Crippen LogP contribution in [0.3, 0.4) is 0 Å². The highest BCUT2D eigenvalue weighted by Crippen LogP contribution is 2.31. The highest BCUT2D eigenvalue weighted by molar-refractivity contribution is 7.99. The van der Waals surface area contributed by atoms with Gasteiger partial charge in [0.25, 0.3) is 0 Å². The Balaban J connectivity index is 2.11. The van der Waals surface area contributed by atoms with E-state index in [4.69, 9.17) is 16.7 Å². The Morgan fingerprint density at radius 1 is 1.53 bits per heavy atom. The highest BCUT2D eigenvalue weighted by atomic mass is 35.5. The zero-order chi connectivity index (χ0) is 13.8. The Morgan fingerprint density at radius 3 is 2.89 bits per heavy atom. The number of hydrogen-bond donors (Lipinski definition) is 2. The van der Waals surface area contributed by atoms with Crippen molar-refractivity contribution in [3.05, 3.63) is 22.8 Å². The molecule has 0 spiro atoms. The number of rotatable bonds is 4. The number of halogens is 1. The van der Waals surface area contributed by atoms with E-state index in [1.807, 2.05) is 11.8 Å². The standard InChI is InChI=1S/C13H17ClN2O2S/c1-19-11-5-3-2-4-10(11)16-12-9(14)6-8(7-15-12)13(17)18/h6-7,10-11H,2-5H2,1H3,(H,15,16)(H,17,18). The molecule has 2 N–H and O–H groups in total. The predicted octanol–water partition coefficient (Wildman–Crippen LogP) is 3.52. The fraction of sp³-hybridized carbons (Fsp3) is 0.538. The molecule has 0 aromatic carbocycles. The fourth-order valence-corrected chi connectivity index (χ4v) is 3.54. The molecule has 1 aromatic heterocycles. The van der Waals surface area contributed by atoms with E-state index in [-0.39, 0.29) is 5.56 Å². The maximum Gasteiger partial charge on any atom is 0.337 e. The molecule has 1 saturated carbocycles. The van der Waals surface area contributed by atoms with Crippen molar-refractivity contribution in [1.82, 2.24) is 4.98 Å². The summed E-state index contributed by atoms with van der Waals surface area (Å²) >= 11 is 7.95. The number of carboxylic acids is 1. The molecule has 0 aliphatic heterocycles. The summed E-state index contributed by atoms with van der Waals surface area (Å²) in [4.78, 5) is 15.0. The number of nitrogens with zero attached hydrogens (tertiary/aromatic N) is 1. The third kappa shape index (κ3) is 3.54. The lowest BCUT2D eigenvalue weighted by Crippen LogP contribution is -2.34. The van der Waals surface area contributed by atoms with Crippen molar-refractivity contribution in [1.29, 1.82) is 0 Å². The number of aromatic nitrogens is 1. The van der Waals surface area contributed by atoms with Crippen LogP contribution in [0.15, 0.2) is 12.3 Å². The topological polar surface area (TPSA) is 62.2 Å². The van der Waals surface area contributed by atoms with Crippen LogP contribution in [0.5, 0.6) is 0 Å². The molecular formula is C13H17ClN2O2S. The molecule has 1 fully saturated rings. The first-order chi connectivity index (χ1) is 9.11. The van der Waals surface area contributed by atoms with Crippen LogP contribution in [-0.4, -0.2) is 33.6 Å². The molecule has 19 heavy (non-hydrogen) atoms. The third-order valence-electron chi connectivity index (χ3n) is 3.42. The van der Waals surface area contributed by atoms with Crippen molar-refractivity contribution < 1.29 is 9.90 Å². The molecule has 1 aliphatic carbocycles. The fourth-order valence-electron chi connectivity index (χ4n) is 2.38. The van der Waals surface area contributed by atoms with Gasteiger partial charge < -0.3 is 10.4 Å². The highest BCUT2D eigenvalue weighted by Gasteiger charge is 2.25. The van der Waals surface area contributed by atoms with Crippen molar-refractivity contribution in [2.45, 2.75) is 37.0 Å². The number of carbonyl (C=O) groups is 1.